The Labute approximate surface area is 179 Å². The molecule has 1 N–H and O–H groups in total. The van der Waals surface area contributed by atoms with Crippen LogP contribution in [0.4, 0.5) is 0 Å². The van der Waals surface area contributed by atoms with E-state index in [2.05, 4.69) is 14.9 Å². The van der Waals surface area contributed by atoms with Crippen molar-refractivity contribution in [2.24, 2.45) is 0 Å². The normalized spacial score (nSPS) is 12.4. The number of hydrogen-bond donors (Lipinski definition) is 1. The van der Waals surface area contributed by atoms with Crippen LogP contribution < -0.4 is 4.72 Å². The van der Waals surface area contributed by atoms with Crippen molar-refractivity contribution in [1.29, 1.82) is 0 Å². The number of ketones is 1. The molecule has 1 aromatic heterocycles. The van der Waals surface area contributed by atoms with Gasteiger partial charge in [0.1, 0.15) is 6.04 Å². The van der Waals surface area contributed by atoms with Gasteiger partial charge in [0, 0.05) is 11.1 Å². The highest BCUT2D eigenvalue weighted by Crippen LogP contribution is 2.20. The van der Waals surface area contributed by atoms with Crippen LogP contribution >= 0.6 is 0 Å². The minimum atomic E-state index is -3.98. The number of carbonyl (C=O) groups is 2. The lowest BCUT2D eigenvalue weighted by atomic mass is 10.1. The summed E-state index contributed by atoms with van der Waals surface area (Å²) >= 11 is 0. The zero-order valence-corrected chi connectivity index (χ0v) is 18.0. The molecule has 2 aromatic carbocycles. The van der Waals surface area contributed by atoms with Crippen molar-refractivity contribution in [3.8, 4) is 11.4 Å². The molecule has 0 saturated heterocycles. The van der Waals surface area contributed by atoms with E-state index in [0.29, 0.717) is 11.4 Å². The van der Waals surface area contributed by atoms with Crippen LogP contribution in [0.1, 0.15) is 35.7 Å². The topological polar surface area (TPSA) is 128 Å². The summed E-state index contributed by atoms with van der Waals surface area (Å²) in [6.45, 7) is 4.35. The summed E-state index contributed by atoms with van der Waals surface area (Å²) < 4.78 is 37.3. The number of sulfonamides is 1. The predicted octanol–water partition coefficient (Wildman–Crippen LogP) is 2.66. The van der Waals surface area contributed by atoms with Gasteiger partial charge in [-0.05, 0) is 38.5 Å². The highest BCUT2D eigenvalue weighted by Gasteiger charge is 2.24. The second-order valence-corrected chi connectivity index (χ2v) is 8.57. The van der Waals surface area contributed by atoms with Crippen molar-refractivity contribution in [3.63, 3.8) is 0 Å². The lowest BCUT2D eigenvalue weighted by Gasteiger charge is -2.13. The minimum absolute atomic E-state index is 0.0723. The van der Waals surface area contributed by atoms with Gasteiger partial charge in [0.25, 0.3) is 5.89 Å². The fourth-order valence-electron chi connectivity index (χ4n) is 2.72. The Hall–Kier alpha value is -3.37. The van der Waals surface area contributed by atoms with Crippen molar-refractivity contribution in [3.05, 3.63) is 65.5 Å². The molecule has 1 atom stereocenters. The summed E-state index contributed by atoms with van der Waals surface area (Å²) in [5.74, 6) is -0.534. The van der Waals surface area contributed by atoms with Gasteiger partial charge in [0.2, 0.25) is 15.8 Å². The third-order valence-electron chi connectivity index (χ3n) is 4.45. The Balaban J connectivity index is 1.59. The standard InChI is InChI=1S/C21H21N3O6S/c1-13-6-4-5-7-18(13)20-22-19(30-23-20)12-29-21(26)14(2)24-31(27,28)17-10-8-16(9-11-17)15(3)25/h4-11,14,24H,12H2,1-3H3/t14-/m0/s1. The number of aromatic nitrogens is 2. The van der Waals surface area contributed by atoms with Gasteiger partial charge in [-0.25, -0.2) is 8.42 Å². The number of nitrogens with one attached hydrogen (secondary N) is 1. The Kier molecular flexibility index (Phi) is 6.62. The van der Waals surface area contributed by atoms with Crippen molar-refractivity contribution in [2.75, 3.05) is 0 Å². The van der Waals surface area contributed by atoms with Gasteiger partial charge in [-0.2, -0.15) is 9.71 Å². The first-order chi connectivity index (χ1) is 14.7. The first-order valence-corrected chi connectivity index (χ1v) is 10.8. The summed E-state index contributed by atoms with van der Waals surface area (Å²) in [7, 11) is -3.98. The lowest BCUT2D eigenvalue weighted by Crippen LogP contribution is -2.39. The van der Waals surface area contributed by atoms with Gasteiger partial charge in [0.05, 0.1) is 4.90 Å². The number of rotatable bonds is 8. The van der Waals surface area contributed by atoms with Gasteiger partial charge >= 0.3 is 5.97 Å². The molecule has 0 aliphatic heterocycles. The van der Waals surface area contributed by atoms with Gasteiger partial charge in [0.15, 0.2) is 12.4 Å². The maximum atomic E-state index is 12.4. The predicted molar refractivity (Wildman–Crippen MR) is 110 cm³/mol. The van der Waals surface area contributed by atoms with Crippen LogP contribution in [-0.4, -0.2) is 36.4 Å². The van der Waals surface area contributed by atoms with E-state index in [-0.39, 0.29) is 23.2 Å². The maximum absolute atomic E-state index is 12.4. The van der Waals surface area contributed by atoms with Crippen LogP contribution in [0.15, 0.2) is 57.9 Å². The van der Waals surface area contributed by atoms with Gasteiger partial charge in [-0.1, -0.05) is 41.6 Å². The molecule has 0 fully saturated rings. The monoisotopic (exact) mass is 443 g/mol. The van der Waals surface area contributed by atoms with Crippen LogP contribution in [-0.2, 0) is 26.2 Å². The zero-order valence-electron chi connectivity index (χ0n) is 17.2. The van der Waals surface area contributed by atoms with E-state index in [4.69, 9.17) is 9.26 Å². The van der Waals surface area contributed by atoms with Crippen LogP contribution in [0.2, 0.25) is 0 Å². The quantitative estimate of drug-likeness (QED) is 0.416. The third kappa shape index (κ3) is 5.41. The van der Waals surface area contributed by atoms with E-state index in [1.165, 1.54) is 38.1 Å². The molecule has 162 valence electrons. The molecule has 3 rings (SSSR count). The highest BCUT2D eigenvalue weighted by molar-refractivity contribution is 7.89. The first-order valence-electron chi connectivity index (χ1n) is 9.36. The molecule has 31 heavy (non-hydrogen) atoms. The summed E-state index contributed by atoms with van der Waals surface area (Å²) in [6.07, 6.45) is 0. The summed E-state index contributed by atoms with van der Waals surface area (Å²) in [4.78, 5) is 27.7. The number of carbonyl (C=O) groups excluding carboxylic acids is 2. The average Bonchev–Trinajstić information content (AvgIpc) is 3.20. The first kappa shape index (κ1) is 22.3. The van der Waals surface area contributed by atoms with E-state index < -0.39 is 22.0 Å². The second kappa shape index (κ2) is 9.19. The second-order valence-electron chi connectivity index (χ2n) is 6.86. The number of aryl methyl sites for hydroxylation is 1. The SMILES string of the molecule is CC(=O)c1ccc(S(=O)(=O)N[C@@H](C)C(=O)OCc2nc(-c3ccccc3C)no2)cc1. The van der Waals surface area contributed by atoms with Crippen LogP contribution in [0, 0.1) is 6.92 Å². The molecule has 9 nitrogen and oxygen atoms in total. The fraction of sp³-hybridized carbons (Fsp3) is 0.238. The average molecular weight is 443 g/mol. The lowest BCUT2D eigenvalue weighted by molar-refractivity contribution is -0.147. The molecule has 0 bridgehead atoms. The molecule has 0 amide bonds. The molecular weight excluding hydrogens is 422 g/mol. The van der Waals surface area contributed by atoms with E-state index in [1.54, 1.807) is 0 Å². The zero-order chi connectivity index (χ0) is 22.6. The van der Waals surface area contributed by atoms with E-state index in [9.17, 15) is 18.0 Å². The molecule has 0 spiro atoms. The van der Waals surface area contributed by atoms with Crippen molar-refractivity contribution >= 4 is 21.8 Å². The van der Waals surface area contributed by atoms with Crippen LogP contribution in [0.5, 0.6) is 0 Å². The summed E-state index contributed by atoms with van der Waals surface area (Å²) in [6, 6.07) is 11.7. The highest BCUT2D eigenvalue weighted by atomic mass is 32.2. The number of esters is 1. The number of ether oxygens (including phenoxy) is 1. The Bertz CT molecular complexity index is 1200. The van der Waals surface area contributed by atoms with Crippen molar-refractivity contribution in [2.45, 2.75) is 38.3 Å². The maximum Gasteiger partial charge on any atom is 0.324 e. The molecular formula is C21H21N3O6S. The molecule has 0 aliphatic carbocycles. The van der Waals surface area contributed by atoms with E-state index in [0.717, 1.165) is 11.1 Å². The molecule has 0 saturated carbocycles. The van der Waals surface area contributed by atoms with E-state index >= 15 is 0 Å². The number of hydrogen-bond acceptors (Lipinski definition) is 8. The van der Waals surface area contributed by atoms with Crippen molar-refractivity contribution in [1.82, 2.24) is 14.9 Å². The molecule has 1 heterocycles. The van der Waals surface area contributed by atoms with Gasteiger partial charge in [-0.3, -0.25) is 9.59 Å². The largest absolute Gasteiger partial charge is 0.454 e. The molecule has 0 radical (unpaired) electrons. The Morgan fingerprint density at radius 2 is 1.81 bits per heavy atom. The Morgan fingerprint density at radius 3 is 2.45 bits per heavy atom. The third-order valence-corrected chi connectivity index (χ3v) is 6.01. The van der Waals surface area contributed by atoms with E-state index in [1.807, 2.05) is 31.2 Å². The number of nitrogens with zero attached hydrogens (tertiary/aromatic N) is 2. The summed E-state index contributed by atoms with van der Waals surface area (Å²) in [5, 5.41) is 3.88. The van der Waals surface area contributed by atoms with Crippen LogP contribution in [0.3, 0.4) is 0 Å². The smallest absolute Gasteiger partial charge is 0.324 e. The molecule has 10 heteroatoms. The fourth-order valence-corrected chi connectivity index (χ4v) is 3.91. The number of benzene rings is 2. The van der Waals surface area contributed by atoms with Gasteiger partial charge < -0.3 is 9.26 Å². The van der Waals surface area contributed by atoms with Gasteiger partial charge in [-0.15, -0.1) is 0 Å². The molecule has 0 aliphatic rings. The molecule has 0 unspecified atom stereocenters. The van der Waals surface area contributed by atoms with Crippen LogP contribution in [0.25, 0.3) is 11.4 Å². The minimum Gasteiger partial charge on any atom is -0.454 e. The Morgan fingerprint density at radius 1 is 1.13 bits per heavy atom. The molecule has 3 aromatic rings. The van der Waals surface area contributed by atoms with Crippen molar-refractivity contribution < 1.29 is 27.3 Å². The number of Topliss-reactive ketones (excluding diaryl/α,β-unsaturated/α-hetero) is 1. The summed E-state index contributed by atoms with van der Waals surface area (Å²) in [5.41, 5.74) is 2.14.